The first-order valence-corrected chi connectivity index (χ1v) is 6.83. The molecule has 2 aromatic rings. The highest BCUT2D eigenvalue weighted by Crippen LogP contribution is 2.29. The van der Waals surface area contributed by atoms with Gasteiger partial charge in [-0.15, -0.1) is 0 Å². The third-order valence-corrected chi connectivity index (χ3v) is 3.62. The standard InChI is InChI=1S/C13H18N6O2/c1-19(13-14-5-3-11(17-13)20-2)7-10-9(4-6-21-10)12-15-8-16-18-12/h3,5,8-10H,4,6-7H2,1-2H3,(H,15,16,18)/t9-,10-/m1/s1. The molecule has 1 fully saturated rings. The van der Waals surface area contributed by atoms with Crippen LogP contribution in [0.2, 0.25) is 0 Å². The maximum atomic E-state index is 5.82. The zero-order valence-electron chi connectivity index (χ0n) is 12.1. The summed E-state index contributed by atoms with van der Waals surface area (Å²) in [6.45, 7) is 1.40. The number of anilines is 1. The Morgan fingerprint density at radius 2 is 2.38 bits per heavy atom. The normalized spacial score (nSPS) is 21.4. The summed E-state index contributed by atoms with van der Waals surface area (Å²) in [5, 5.41) is 6.84. The molecule has 2 aromatic heterocycles. The lowest BCUT2D eigenvalue weighted by molar-refractivity contribution is 0.108. The zero-order valence-corrected chi connectivity index (χ0v) is 12.1. The summed E-state index contributed by atoms with van der Waals surface area (Å²) >= 11 is 0. The van der Waals surface area contributed by atoms with Crippen molar-refractivity contribution in [3.63, 3.8) is 0 Å². The number of nitrogens with one attached hydrogen (secondary N) is 1. The Bertz CT molecular complexity index is 576. The van der Waals surface area contributed by atoms with Crippen LogP contribution in [0.3, 0.4) is 0 Å². The van der Waals surface area contributed by atoms with E-state index in [1.165, 1.54) is 6.33 Å². The molecule has 0 amide bonds. The van der Waals surface area contributed by atoms with E-state index in [4.69, 9.17) is 9.47 Å². The molecule has 3 heterocycles. The number of nitrogens with zero attached hydrogens (tertiary/aromatic N) is 5. The highest BCUT2D eigenvalue weighted by atomic mass is 16.5. The van der Waals surface area contributed by atoms with Crippen LogP contribution < -0.4 is 9.64 Å². The average Bonchev–Trinajstić information content (AvgIpc) is 3.18. The van der Waals surface area contributed by atoms with Crippen molar-refractivity contribution in [2.24, 2.45) is 0 Å². The summed E-state index contributed by atoms with van der Waals surface area (Å²) in [5.74, 6) is 2.25. The molecule has 1 saturated heterocycles. The number of H-pyrrole nitrogens is 1. The fourth-order valence-corrected chi connectivity index (χ4v) is 2.52. The number of methoxy groups -OCH3 is 1. The highest BCUT2D eigenvalue weighted by Gasteiger charge is 2.33. The van der Waals surface area contributed by atoms with Gasteiger partial charge in [-0.25, -0.2) is 9.97 Å². The molecule has 1 aliphatic rings. The molecule has 0 aromatic carbocycles. The molecule has 21 heavy (non-hydrogen) atoms. The number of rotatable bonds is 5. The summed E-state index contributed by atoms with van der Waals surface area (Å²) in [7, 11) is 3.53. The van der Waals surface area contributed by atoms with E-state index in [-0.39, 0.29) is 12.0 Å². The topological polar surface area (TPSA) is 89.0 Å². The summed E-state index contributed by atoms with van der Waals surface area (Å²) in [6.07, 6.45) is 4.19. The second kappa shape index (κ2) is 6.04. The summed E-state index contributed by atoms with van der Waals surface area (Å²) in [4.78, 5) is 14.8. The van der Waals surface area contributed by atoms with Crippen molar-refractivity contribution < 1.29 is 9.47 Å². The first-order chi connectivity index (χ1) is 10.3. The Morgan fingerprint density at radius 1 is 1.48 bits per heavy atom. The molecule has 0 aliphatic carbocycles. The third kappa shape index (κ3) is 2.94. The minimum atomic E-state index is 0.0396. The third-order valence-electron chi connectivity index (χ3n) is 3.62. The molecule has 3 rings (SSSR count). The molecule has 1 aliphatic heterocycles. The lowest BCUT2D eigenvalue weighted by Gasteiger charge is -2.23. The van der Waals surface area contributed by atoms with Crippen molar-refractivity contribution in [3.8, 4) is 5.88 Å². The second-order valence-corrected chi connectivity index (χ2v) is 4.95. The first-order valence-electron chi connectivity index (χ1n) is 6.83. The van der Waals surface area contributed by atoms with E-state index in [1.807, 2.05) is 11.9 Å². The molecule has 0 spiro atoms. The fraction of sp³-hybridized carbons (Fsp3) is 0.538. The van der Waals surface area contributed by atoms with Crippen molar-refractivity contribution in [2.75, 3.05) is 32.2 Å². The van der Waals surface area contributed by atoms with Crippen molar-refractivity contribution in [1.82, 2.24) is 25.1 Å². The molecular weight excluding hydrogens is 272 g/mol. The van der Waals surface area contributed by atoms with Crippen LogP contribution in [0.5, 0.6) is 5.88 Å². The molecule has 8 heteroatoms. The maximum Gasteiger partial charge on any atom is 0.228 e. The van der Waals surface area contributed by atoms with E-state index in [2.05, 4.69) is 25.1 Å². The van der Waals surface area contributed by atoms with Crippen molar-refractivity contribution >= 4 is 5.95 Å². The van der Waals surface area contributed by atoms with Crippen LogP contribution in [0.25, 0.3) is 0 Å². The van der Waals surface area contributed by atoms with Crippen LogP contribution in [0.4, 0.5) is 5.95 Å². The Hall–Kier alpha value is -2.22. The lowest BCUT2D eigenvalue weighted by Crippen LogP contribution is -2.33. The van der Waals surface area contributed by atoms with Crippen LogP contribution in [-0.4, -0.2) is 58.6 Å². The van der Waals surface area contributed by atoms with Crippen LogP contribution in [-0.2, 0) is 4.74 Å². The summed E-state index contributed by atoms with van der Waals surface area (Å²) in [6, 6.07) is 1.72. The Morgan fingerprint density at radius 3 is 3.14 bits per heavy atom. The monoisotopic (exact) mass is 290 g/mol. The molecule has 2 atom stereocenters. The van der Waals surface area contributed by atoms with Gasteiger partial charge in [-0.1, -0.05) is 0 Å². The van der Waals surface area contributed by atoms with Gasteiger partial charge in [-0.2, -0.15) is 10.1 Å². The predicted molar refractivity (Wildman–Crippen MR) is 75.3 cm³/mol. The molecule has 0 unspecified atom stereocenters. The Labute approximate surface area is 122 Å². The molecule has 0 bridgehead atoms. The van der Waals surface area contributed by atoms with Gasteiger partial charge in [0.25, 0.3) is 0 Å². The molecule has 1 N–H and O–H groups in total. The van der Waals surface area contributed by atoms with Gasteiger partial charge in [0.1, 0.15) is 12.2 Å². The zero-order chi connectivity index (χ0) is 14.7. The number of hydrogen-bond acceptors (Lipinski definition) is 7. The van der Waals surface area contributed by atoms with Gasteiger partial charge < -0.3 is 14.4 Å². The first kappa shape index (κ1) is 13.7. The van der Waals surface area contributed by atoms with Gasteiger partial charge in [0.05, 0.1) is 13.2 Å². The fourth-order valence-electron chi connectivity index (χ4n) is 2.52. The van der Waals surface area contributed by atoms with E-state index in [0.717, 1.165) is 18.9 Å². The lowest BCUT2D eigenvalue weighted by atomic mass is 10.0. The van der Waals surface area contributed by atoms with Crippen LogP contribution in [0.15, 0.2) is 18.6 Å². The molecule has 112 valence electrons. The van der Waals surface area contributed by atoms with E-state index in [9.17, 15) is 0 Å². The molecular formula is C13H18N6O2. The van der Waals surface area contributed by atoms with Crippen molar-refractivity contribution in [1.29, 1.82) is 0 Å². The largest absolute Gasteiger partial charge is 0.481 e. The average molecular weight is 290 g/mol. The SMILES string of the molecule is COc1ccnc(N(C)C[C@H]2OCC[C@H]2c2ncn[nH]2)n1. The van der Waals surface area contributed by atoms with Gasteiger partial charge in [-0.05, 0) is 6.42 Å². The Balaban J connectivity index is 1.70. The van der Waals surface area contributed by atoms with Gasteiger partial charge in [0, 0.05) is 38.4 Å². The smallest absolute Gasteiger partial charge is 0.228 e. The quantitative estimate of drug-likeness (QED) is 0.863. The minimum absolute atomic E-state index is 0.0396. The van der Waals surface area contributed by atoms with Crippen molar-refractivity contribution in [3.05, 3.63) is 24.4 Å². The summed E-state index contributed by atoms with van der Waals surface area (Å²) in [5.41, 5.74) is 0. The highest BCUT2D eigenvalue weighted by molar-refractivity contribution is 5.31. The maximum absolute atomic E-state index is 5.82. The number of aromatic nitrogens is 5. The number of ether oxygens (including phenoxy) is 2. The minimum Gasteiger partial charge on any atom is -0.481 e. The van der Waals surface area contributed by atoms with E-state index in [1.54, 1.807) is 19.4 Å². The van der Waals surface area contributed by atoms with Gasteiger partial charge >= 0.3 is 0 Å². The summed E-state index contributed by atoms with van der Waals surface area (Å²) < 4.78 is 10.9. The van der Waals surface area contributed by atoms with E-state index in [0.29, 0.717) is 18.4 Å². The van der Waals surface area contributed by atoms with Gasteiger partial charge in [0.2, 0.25) is 11.8 Å². The molecule has 8 nitrogen and oxygen atoms in total. The predicted octanol–water partition coefficient (Wildman–Crippen LogP) is 0.612. The Kier molecular flexibility index (Phi) is 3.96. The number of likely N-dealkylation sites (N-methyl/N-ethyl adjacent to an activating group) is 1. The van der Waals surface area contributed by atoms with E-state index < -0.39 is 0 Å². The van der Waals surface area contributed by atoms with E-state index >= 15 is 0 Å². The van der Waals surface area contributed by atoms with Crippen LogP contribution >= 0.6 is 0 Å². The van der Waals surface area contributed by atoms with Crippen LogP contribution in [0.1, 0.15) is 18.2 Å². The van der Waals surface area contributed by atoms with Gasteiger partial charge in [-0.3, -0.25) is 5.10 Å². The number of aromatic amines is 1. The number of hydrogen-bond donors (Lipinski definition) is 1. The van der Waals surface area contributed by atoms with Crippen LogP contribution in [0, 0.1) is 0 Å². The van der Waals surface area contributed by atoms with Crippen molar-refractivity contribution in [2.45, 2.75) is 18.4 Å². The molecule has 0 radical (unpaired) electrons. The van der Waals surface area contributed by atoms with Gasteiger partial charge in [0.15, 0.2) is 0 Å². The second-order valence-electron chi connectivity index (χ2n) is 4.95. The molecule has 0 saturated carbocycles.